The molecule has 6 heteroatoms. The molecule has 1 atom stereocenters. The minimum absolute atomic E-state index is 0.409. The summed E-state index contributed by atoms with van der Waals surface area (Å²) >= 11 is 0. The van der Waals surface area contributed by atoms with Crippen molar-refractivity contribution in [1.82, 2.24) is 24.9 Å². The average Bonchev–Trinajstić information content (AvgIpc) is 3.65. The van der Waals surface area contributed by atoms with Crippen LogP contribution in [0.1, 0.15) is 40.9 Å². The summed E-state index contributed by atoms with van der Waals surface area (Å²) < 4.78 is 0. The summed E-state index contributed by atoms with van der Waals surface area (Å²) in [6.07, 6.45) is 13.1. The molecule has 1 aliphatic heterocycles. The van der Waals surface area contributed by atoms with Gasteiger partial charge in [-0.15, -0.1) is 0 Å². The minimum atomic E-state index is -0.529. The molecule has 0 amide bonds. The van der Waals surface area contributed by atoms with Gasteiger partial charge in [-0.3, -0.25) is 4.99 Å². The van der Waals surface area contributed by atoms with Gasteiger partial charge in [0.2, 0.25) is 5.82 Å². The van der Waals surface area contributed by atoms with Crippen LogP contribution >= 0.6 is 0 Å². The zero-order valence-electron chi connectivity index (χ0n) is 27.6. The molecule has 2 aliphatic carbocycles. The smallest absolute Gasteiger partial charge is 0.201 e. The molecular weight excluding hydrogens is 625 g/mol. The molecule has 6 nitrogen and oxygen atoms in total. The highest BCUT2D eigenvalue weighted by Crippen LogP contribution is 2.63. The van der Waals surface area contributed by atoms with Crippen molar-refractivity contribution < 1.29 is 0 Å². The highest BCUT2D eigenvalue weighted by Gasteiger charge is 2.51. The van der Waals surface area contributed by atoms with Crippen LogP contribution < -0.4 is 0 Å². The fraction of sp³-hybridized carbons (Fsp3) is 0.0667. The normalized spacial score (nSPS) is 18.8. The fourth-order valence-electron chi connectivity index (χ4n) is 8.02. The maximum absolute atomic E-state index is 5.07. The fourth-order valence-corrected chi connectivity index (χ4v) is 8.02. The third kappa shape index (κ3) is 4.57. The Labute approximate surface area is 295 Å². The highest BCUT2D eigenvalue weighted by atomic mass is 15.1. The monoisotopic (exact) mass is 654 g/mol. The number of aliphatic imine (C=N–C) groups is 1. The lowest BCUT2D eigenvalue weighted by Gasteiger charge is -2.31. The molecule has 0 fully saturated rings. The van der Waals surface area contributed by atoms with Crippen LogP contribution in [0, 0.1) is 0 Å². The molecule has 3 aliphatic rings. The SMILES string of the molecule is C1=C/CC\C=C(c2nc(-c3ccc4c(c3)C3(c5ccccc5-c5ccc(-c6ccccc6)cc53)c3ccccc3-4)nc(-c3ncccn3)n2)/N=C\1. The first-order chi connectivity index (χ1) is 25.3. The molecule has 240 valence electrons. The summed E-state index contributed by atoms with van der Waals surface area (Å²) in [5, 5.41) is 0. The number of fused-ring (bicyclic) bond motifs is 10. The van der Waals surface area contributed by atoms with Gasteiger partial charge in [-0.25, -0.2) is 24.9 Å². The van der Waals surface area contributed by atoms with E-state index in [9.17, 15) is 0 Å². The number of aromatic nitrogens is 5. The lowest BCUT2D eigenvalue weighted by atomic mass is 9.70. The Balaban J connectivity index is 1.23. The van der Waals surface area contributed by atoms with Crippen LogP contribution in [0.25, 0.3) is 62.1 Å². The van der Waals surface area contributed by atoms with Crippen molar-refractivity contribution in [3.63, 3.8) is 0 Å². The van der Waals surface area contributed by atoms with E-state index in [0.717, 1.165) is 18.4 Å². The number of hydrogen-bond acceptors (Lipinski definition) is 6. The summed E-state index contributed by atoms with van der Waals surface area (Å²) in [5.41, 5.74) is 13.5. The van der Waals surface area contributed by atoms with Crippen molar-refractivity contribution in [2.45, 2.75) is 18.3 Å². The molecule has 10 rings (SSSR count). The molecule has 5 aromatic carbocycles. The second-order valence-electron chi connectivity index (χ2n) is 13.0. The van der Waals surface area contributed by atoms with E-state index < -0.39 is 5.41 Å². The van der Waals surface area contributed by atoms with E-state index in [1.807, 2.05) is 6.08 Å². The van der Waals surface area contributed by atoms with Crippen LogP contribution in [0.4, 0.5) is 0 Å². The summed E-state index contributed by atoms with van der Waals surface area (Å²) in [7, 11) is 0. The van der Waals surface area contributed by atoms with Crippen LogP contribution in [0.2, 0.25) is 0 Å². The lowest BCUT2D eigenvalue weighted by Crippen LogP contribution is -2.26. The van der Waals surface area contributed by atoms with Crippen molar-refractivity contribution in [2.75, 3.05) is 0 Å². The van der Waals surface area contributed by atoms with E-state index in [0.29, 0.717) is 29.0 Å². The van der Waals surface area contributed by atoms with E-state index in [2.05, 4.69) is 137 Å². The van der Waals surface area contributed by atoms with Crippen molar-refractivity contribution >= 4 is 11.9 Å². The second-order valence-corrected chi connectivity index (χ2v) is 13.0. The summed E-state index contributed by atoms with van der Waals surface area (Å²) in [4.78, 5) is 28.6. The zero-order chi connectivity index (χ0) is 33.8. The molecule has 0 N–H and O–H groups in total. The summed E-state index contributed by atoms with van der Waals surface area (Å²) in [6, 6.07) is 43.8. The molecule has 0 bridgehead atoms. The van der Waals surface area contributed by atoms with Gasteiger partial charge in [-0.1, -0.05) is 115 Å². The standard InChI is InChI=1S/C45H30N6/c1-2-11-24-46-40(19-6-1)42-49-41(50-44(51-42)43-47-25-12-26-48-43)31-21-23-35-33-16-8-10-18-37(33)45(39(35)28-31)36-17-9-7-15-32(36)34-22-20-30(27-38(34)45)29-13-4-3-5-14-29/h2-5,7-28H,1,6H2/b11-2-,40-19-,46-24-. The predicted molar refractivity (Wildman–Crippen MR) is 203 cm³/mol. The van der Waals surface area contributed by atoms with Gasteiger partial charge in [-0.05, 0) is 92.8 Å². The Bertz CT molecular complexity index is 2580. The molecule has 1 unspecified atom stereocenters. The van der Waals surface area contributed by atoms with E-state index in [1.54, 1.807) is 24.7 Å². The minimum Gasteiger partial charge on any atom is -0.253 e. The first-order valence-corrected chi connectivity index (χ1v) is 17.3. The third-order valence-corrected chi connectivity index (χ3v) is 10.2. The van der Waals surface area contributed by atoms with Gasteiger partial charge in [-0.2, -0.15) is 0 Å². The van der Waals surface area contributed by atoms with Crippen LogP contribution in [-0.4, -0.2) is 31.1 Å². The van der Waals surface area contributed by atoms with Crippen LogP contribution in [0.3, 0.4) is 0 Å². The molecule has 0 radical (unpaired) electrons. The Morgan fingerprint density at radius 2 is 1.06 bits per heavy atom. The Morgan fingerprint density at radius 3 is 1.80 bits per heavy atom. The summed E-state index contributed by atoms with van der Waals surface area (Å²) in [5.74, 6) is 1.90. The van der Waals surface area contributed by atoms with Gasteiger partial charge in [0.15, 0.2) is 17.5 Å². The number of benzene rings is 5. The van der Waals surface area contributed by atoms with Crippen molar-refractivity contribution in [3.8, 4) is 56.4 Å². The van der Waals surface area contributed by atoms with Gasteiger partial charge in [0.1, 0.15) is 5.70 Å². The number of nitrogens with zero attached hydrogens (tertiary/aromatic N) is 6. The van der Waals surface area contributed by atoms with Gasteiger partial charge in [0.25, 0.3) is 0 Å². The largest absolute Gasteiger partial charge is 0.253 e. The number of allylic oxidation sites excluding steroid dienone is 3. The molecule has 3 heterocycles. The van der Waals surface area contributed by atoms with Crippen LogP contribution in [0.15, 0.2) is 157 Å². The molecular formula is C45H30N6. The number of hydrogen-bond donors (Lipinski definition) is 0. The first kappa shape index (κ1) is 29.3. The Hall–Kier alpha value is -6.66. The molecule has 51 heavy (non-hydrogen) atoms. The molecule has 7 aromatic rings. The third-order valence-electron chi connectivity index (χ3n) is 10.2. The van der Waals surface area contributed by atoms with E-state index >= 15 is 0 Å². The summed E-state index contributed by atoms with van der Waals surface area (Å²) in [6.45, 7) is 0. The number of rotatable bonds is 4. The van der Waals surface area contributed by atoms with Gasteiger partial charge < -0.3 is 0 Å². The van der Waals surface area contributed by atoms with Crippen molar-refractivity contribution in [3.05, 3.63) is 180 Å². The van der Waals surface area contributed by atoms with Gasteiger partial charge in [0.05, 0.1) is 5.41 Å². The Kier molecular flexibility index (Phi) is 6.74. The topological polar surface area (TPSA) is 76.8 Å². The van der Waals surface area contributed by atoms with Gasteiger partial charge >= 0.3 is 0 Å². The van der Waals surface area contributed by atoms with Crippen molar-refractivity contribution in [2.24, 2.45) is 4.99 Å². The molecule has 1 spiro atoms. The lowest BCUT2D eigenvalue weighted by molar-refractivity contribution is 0.794. The Morgan fingerprint density at radius 1 is 0.451 bits per heavy atom. The van der Waals surface area contributed by atoms with E-state index in [4.69, 9.17) is 19.9 Å². The second kappa shape index (κ2) is 11.7. The quantitative estimate of drug-likeness (QED) is 0.189. The average molecular weight is 655 g/mol. The van der Waals surface area contributed by atoms with Crippen LogP contribution in [0.5, 0.6) is 0 Å². The van der Waals surface area contributed by atoms with Crippen LogP contribution in [-0.2, 0) is 5.41 Å². The van der Waals surface area contributed by atoms with Gasteiger partial charge in [0, 0.05) is 24.2 Å². The zero-order valence-corrected chi connectivity index (χ0v) is 27.6. The first-order valence-electron chi connectivity index (χ1n) is 17.3. The predicted octanol–water partition coefficient (Wildman–Crippen LogP) is 9.77. The maximum Gasteiger partial charge on any atom is 0.201 e. The molecule has 0 saturated carbocycles. The van der Waals surface area contributed by atoms with Crippen molar-refractivity contribution in [1.29, 1.82) is 0 Å². The highest BCUT2D eigenvalue weighted by molar-refractivity contribution is 5.96. The van der Waals surface area contributed by atoms with E-state index in [-0.39, 0.29) is 0 Å². The maximum atomic E-state index is 5.07. The molecule has 2 aromatic heterocycles. The molecule has 0 saturated heterocycles. The van der Waals surface area contributed by atoms with E-state index in [1.165, 1.54) is 55.6 Å².